The Morgan fingerprint density at radius 3 is 2.76 bits per heavy atom. The van der Waals surface area contributed by atoms with Crippen LogP contribution in [0.25, 0.3) is 0 Å². The van der Waals surface area contributed by atoms with Gasteiger partial charge < -0.3 is 19.4 Å². The van der Waals surface area contributed by atoms with Crippen LogP contribution in [0.4, 0.5) is 0 Å². The molecule has 2 aliphatic rings. The van der Waals surface area contributed by atoms with Crippen molar-refractivity contribution in [1.29, 1.82) is 0 Å². The summed E-state index contributed by atoms with van der Waals surface area (Å²) in [5.41, 5.74) is 3.85. The summed E-state index contributed by atoms with van der Waals surface area (Å²) in [5.74, 6) is 0.0881. The van der Waals surface area contributed by atoms with E-state index in [0.717, 1.165) is 22.0 Å². The second-order valence-electron chi connectivity index (χ2n) is 7.72. The molecular weight excluding hydrogens is 438 g/mol. The number of amidine groups is 1. The molecule has 2 aliphatic heterocycles. The van der Waals surface area contributed by atoms with Crippen molar-refractivity contribution < 1.29 is 18.7 Å². The Labute approximate surface area is 196 Å². The Kier molecular flexibility index (Phi) is 6.84. The predicted molar refractivity (Wildman–Crippen MR) is 128 cm³/mol. The molecule has 0 fully saturated rings. The van der Waals surface area contributed by atoms with Crippen LogP contribution in [0, 0.1) is 6.92 Å². The van der Waals surface area contributed by atoms with Crippen molar-refractivity contribution in [2.24, 2.45) is 4.99 Å². The Morgan fingerprint density at radius 2 is 2.06 bits per heavy atom. The summed E-state index contributed by atoms with van der Waals surface area (Å²) in [5, 5.41) is 5.52. The zero-order valence-electron chi connectivity index (χ0n) is 18.5. The number of hydrogen-bond acceptors (Lipinski definition) is 7. The van der Waals surface area contributed by atoms with Crippen LogP contribution < -0.4 is 5.32 Å². The van der Waals surface area contributed by atoms with Crippen LogP contribution in [0.2, 0.25) is 0 Å². The molecule has 1 aromatic heterocycles. The van der Waals surface area contributed by atoms with Crippen molar-refractivity contribution in [1.82, 2.24) is 10.2 Å². The summed E-state index contributed by atoms with van der Waals surface area (Å²) in [4.78, 5) is 32.3. The monoisotopic (exact) mass is 463 g/mol. The van der Waals surface area contributed by atoms with E-state index >= 15 is 0 Å². The van der Waals surface area contributed by atoms with Crippen molar-refractivity contribution in [3.63, 3.8) is 0 Å². The highest BCUT2D eigenvalue weighted by Crippen LogP contribution is 2.44. The van der Waals surface area contributed by atoms with E-state index < -0.39 is 12.0 Å². The number of esters is 1. The van der Waals surface area contributed by atoms with E-state index in [1.165, 1.54) is 17.8 Å². The number of carbonyl (C=O) groups excluding carboxylic acids is 2. The molecule has 3 heterocycles. The number of aryl methyl sites for hydroxylation is 1. The van der Waals surface area contributed by atoms with Gasteiger partial charge in [0, 0.05) is 5.70 Å². The second-order valence-corrected chi connectivity index (χ2v) is 8.56. The molecule has 1 aromatic carbocycles. The number of carbonyl (C=O) groups is 2. The fourth-order valence-electron chi connectivity index (χ4n) is 3.73. The maximum Gasteiger partial charge on any atom is 0.338 e. The van der Waals surface area contributed by atoms with Crippen molar-refractivity contribution in [2.75, 3.05) is 6.61 Å². The molecule has 7 nitrogen and oxygen atoms in total. The van der Waals surface area contributed by atoms with E-state index in [2.05, 4.69) is 16.9 Å². The molecule has 0 saturated carbocycles. The Hall–Kier alpha value is -3.52. The molecule has 0 bridgehead atoms. The number of amides is 1. The van der Waals surface area contributed by atoms with Crippen LogP contribution in [0.3, 0.4) is 0 Å². The van der Waals surface area contributed by atoms with Gasteiger partial charge in [0.1, 0.15) is 12.4 Å². The van der Waals surface area contributed by atoms with Gasteiger partial charge >= 0.3 is 5.97 Å². The minimum atomic E-state index is -0.450. The molecule has 8 heteroatoms. The van der Waals surface area contributed by atoms with Crippen LogP contribution in [0.1, 0.15) is 36.3 Å². The lowest BCUT2D eigenvalue weighted by molar-refractivity contribution is -0.138. The van der Waals surface area contributed by atoms with Gasteiger partial charge in [-0.25, -0.2) is 9.79 Å². The molecule has 1 N–H and O–H groups in total. The first-order chi connectivity index (χ1) is 16.0. The van der Waals surface area contributed by atoms with E-state index in [1.807, 2.05) is 54.5 Å². The fraction of sp³-hybridized carbons (Fsp3) is 0.240. The standard InChI is InChI=1S/C25H25N3O4S/c1-4-11-32-24(30)22-17(3)27-25-28(23(22)18-9-7-16(2)8-10-18)19(15-33-25)13-21(29)26-14-20-6-5-12-31-20/h4-10,12,15,23H,1,11,13-14H2,2-3H3,(H,26,29). The maximum absolute atomic E-state index is 13.0. The summed E-state index contributed by atoms with van der Waals surface area (Å²) in [7, 11) is 0. The molecule has 0 spiro atoms. The lowest BCUT2D eigenvalue weighted by Crippen LogP contribution is -2.38. The van der Waals surface area contributed by atoms with Gasteiger partial charge in [0.2, 0.25) is 5.91 Å². The fourth-order valence-corrected chi connectivity index (χ4v) is 4.70. The third kappa shape index (κ3) is 4.96. The quantitative estimate of drug-likeness (QED) is 0.455. The third-order valence-electron chi connectivity index (χ3n) is 5.33. The van der Waals surface area contributed by atoms with Crippen molar-refractivity contribution in [3.8, 4) is 0 Å². The predicted octanol–water partition coefficient (Wildman–Crippen LogP) is 4.60. The normalized spacial score (nSPS) is 17.3. The summed E-state index contributed by atoms with van der Waals surface area (Å²) in [6.45, 7) is 7.87. The molecule has 1 atom stereocenters. The Morgan fingerprint density at radius 1 is 1.27 bits per heavy atom. The minimum Gasteiger partial charge on any atom is -0.467 e. The third-order valence-corrected chi connectivity index (χ3v) is 6.22. The van der Waals surface area contributed by atoms with Gasteiger partial charge in [-0.3, -0.25) is 4.79 Å². The van der Waals surface area contributed by atoms with Crippen LogP contribution in [-0.2, 0) is 20.9 Å². The second kappa shape index (κ2) is 9.95. The number of fused-ring (bicyclic) bond motifs is 1. The number of aliphatic imine (C=N–C) groups is 1. The average molecular weight is 464 g/mol. The van der Waals surface area contributed by atoms with Gasteiger partial charge in [-0.05, 0) is 37.0 Å². The number of ether oxygens (including phenoxy) is 1. The van der Waals surface area contributed by atoms with Gasteiger partial charge in [0.15, 0.2) is 5.17 Å². The number of furan rings is 1. The lowest BCUT2D eigenvalue weighted by Gasteiger charge is -2.36. The summed E-state index contributed by atoms with van der Waals surface area (Å²) in [6, 6.07) is 11.1. The van der Waals surface area contributed by atoms with E-state index in [0.29, 0.717) is 23.6 Å². The molecule has 170 valence electrons. The number of allylic oxidation sites excluding steroid dienone is 1. The minimum absolute atomic E-state index is 0.111. The summed E-state index contributed by atoms with van der Waals surface area (Å²) < 4.78 is 10.7. The zero-order chi connectivity index (χ0) is 23.4. The lowest BCUT2D eigenvalue weighted by atomic mass is 9.93. The Balaban J connectivity index is 1.62. The van der Waals surface area contributed by atoms with Crippen molar-refractivity contribution >= 4 is 28.8 Å². The smallest absolute Gasteiger partial charge is 0.338 e. The van der Waals surface area contributed by atoms with Gasteiger partial charge in [-0.15, -0.1) is 0 Å². The van der Waals surface area contributed by atoms with Gasteiger partial charge in [-0.1, -0.05) is 54.2 Å². The van der Waals surface area contributed by atoms with E-state index in [-0.39, 0.29) is 18.9 Å². The molecular formula is C25H25N3O4S. The zero-order valence-corrected chi connectivity index (χ0v) is 19.4. The first kappa shape index (κ1) is 22.7. The van der Waals surface area contributed by atoms with Crippen LogP contribution >= 0.6 is 11.8 Å². The summed E-state index contributed by atoms with van der Waals surface area (Å²) in [6.07, 6.45) is 3.25. The molecule has 1 amide bonds. The molecule has 0 aliphatic carbocycles. The highest BCUT2D eigenvalue weighted by Gasteiger charge is 2.41. The largest absolute Gasteiger partial charge is 0.467 e. The van der Waals surface area contributed by atoms with E-state index in [4.69, 9.17) is 9.15 Å². The SMILES string of the molecule is C=CCOC(=O)C1=C(C)N=C2SC=C(CC(=O)NCc3ccco3)N2C1c1ccc(C)cc1. The first-order valence-electron chi connectivity index (χ1n) is 10.6. The maximum atomic E-state index is 13.0. The van der Waals surface area contributed by atoms with Crippen LogP contribution in [-0.4, -0.2) is 28.6 Å². The first-order valence-corrected chi connectivity index (χ1v) is 11.4. The number of nitrogens with zero attached hydrogens (tertiary/aromatic N) is 2. The van der Waals surface area contributed by atoms with Crippen LogP contribution in [0.15, 0.2) is 87.1 Å². The number of hydrogen-bond donors (Lipinski definition) is 1. The number of thioether (sulfide) groups is 1. The van der Waals surface area contributed by atoms with Gasteiger partial charge in [0.25, 0.3) is 0 Å². The van der Waals surface area contributed by atoms with Crippen molar-refractivity contribution in [2.45, 2.75) is 32.9 Å². The topological polar surface area (TPSA) is 84.1 Å². The molecule has 0 radical (unpaired) electrons. The van der Waals surface area contributed by atoms with Gasteiger partial charge in [-0.2, -0.15) is 0 Å². The average Bonchev–Trinajstić information content (AvgIpc) is 3.46. The Bertz CT molecular complexity index is 1150. The molecule has 33 heavy (non-hydrogen) atoms. The number of nitrogens with one attached hydrogen (secondary N) is 1. The molecule has 0 saturated heterocycles. The molecule has 2 aromatic rings. The molecule has 4 rings (SSSR count). The number of rotatable bonds is 8. The summed E-state index contributed by atoms with van der Waals surface area (Å²) >= 11 is 1.44. The highest BCUT2D eigenvalue weighted by molar-refractivity contribution is 8.16. The molecule has 1 unspecified atom stereocenters. The van der Waals surface area contributed by atoms with Crippen molar-refractivity contribution in [3.05, 3.63) is 94.6 Å². The van der Waals surface area contributed by atoms with Crippen LogP contribution in [0.5, 0.6) is 0 Å². The van der Waals surface area contributed by atoms with E-state index in [9.17, 15) is 9.59 Å². The van der Waals surface area contributed by atoms with E-state index in [1.54, 1.807) is 12.3 Å². The highest BCUT2D eigenvalue weighted by atomic mass is 32.2. The van der Waals surface area contributed by atoms with Gasteiger partial charge in [0.05, 0.1) is 36.5 Å². The number of benzene rings is 1.